The van der Waals surface area contributed by atoms with E-state index in [2.05, 4.69) is 4.74 Å². The molecule has 0 bridgehead atoms. The van der Waals surface area contributed by atoms with Gasteiger partial charge in [-0.15, -0.1) is 11.3 Å². The lowest BCUT2D eigenvalue weighted by molar-refractivity contribution is -0.0494. The zero-order valence-corrected chi connectivity index (χ0v) is 9.88. The molecule has 0 fully saturated rings. The van der Waals surface area contributed by atoms with Crippen molar-refractivity contribution in [1.29, 1.82) is 5.26 Å². The fourth-order valence-electron chi connectivity index (χ4n) is 1.49. The zero-order valence-electron chi connectivity index (χ0n) is 9.06. The second-order valence-corrected chi connectivity index (χ2v) is 4.43. The predicted octanol–water partition coefficient (Wildman–Crippen LogP) is 3.47. The van der Waals surface area contributed by atoms with Crippen LogP contribution >= 0.6 is 11.3 Å². The van der Waals surface area contributed by atoms with Gasteiger partial charge in [0, 0.05) is 10.4 Å². The molecule has 0 spiro atoms. The number of hydrogen-bond donors (Lipinski definition) is 1. The van der Waals surface area contributed by atoms with Crippen LogP contribution in [-0.2, 0) is 0 Å². The Morgan fingerprint density at radius 2 is 2.06 bits per heavy atom. The summed E-state index contributed by atoms with van der Waals surface area (Å²) in [6.45, 7) is -2.89. The average molecular weight is 266 g/mol. The maximum absolute atomic E-state index is 12.3. The van der Waals surface area contributed by atoms with E-state index in [0.29, 0.717) is 21.0 Å². The van der Waals surface area contributed by atoms with E-state index in [-0.39, 0.29) is 5.75 Å². The van der Waals surface area contributed by atoms with E-state index in [4.69, 9.17) is 11.0 Å². The van der Waals surface area contributed by atoms with E-state index in [0.717, 1.165) is 11.3 Å². The quantitative estimate of drug-likeness (QED) is 0.925. The number of hydrogen-bond acceptors (Lipinski definition) is 4. The highest BCUT2D eigenvalue weighted by molar-refractivity contribution is 7.16. The molecule has 92 valence electrons. The van der Waals surface area contributed by atoms with Crippen LogP contribution in [0.1, 0.15) is 4.88 Å². The highest BCUT2D eigenvalue weighted by Gasteiger charge is 2.14. The van der Waals surface area contributed by atoms with E-state index < -0.39 is 6.61 Å². The van der Waals surface area contributed by atoms with Crippen LogP contribution in [0.25, 0.3) is 10.4 Å². The van der Waals surface area contributed by atoms with Crippen molar-refractivity contribution in [2.24, 2.45) is 0 Å². The highest BCUT2D eigenvalue weighted by atomic mass is 32.1. The molecule has 0 saturated heterocycles. The molecule has 0 aliphatic heterocycles. The third-order valence-electron chi connectivity index (χ3n) is 2.23. The van der Waals surface area contributed by atoms with Crippen molar-refractivity contribution in [3.63, 3.8) is 0 Å². The van der Waals surface area contributed by atoms with E-state index in [1.807, 2.05) is 6.07 Å². The van der Waals surface area contributed by atoms with Crippen LogP contribution in [0.2, 0.25) is 0 Å². The Morgan fingerprint density at radius 3 is 2.67 bits per heavy atom. The van der Waals surface area contributed by atoms with Gasteiger partial charge in [-0.1, -0.05) is 12.1 Å². The Kier molecular flexibility index (Phi) is 3.44. The normalized spacial score (nSPS) is 10.3. The Bertz CT molecular complexity index is 604. The Morgan fingerprint density at radius 1 is 1.33 bits per heavy atom. The number of rotatable bonds is 3. The number of benzene rings is 1. The number of thiophene rings is 1. The average Bonchev–Trinajstić information content (AvgIpc) is 2.70. The standard InChI is InChI=1S/C12H8F2N2OS/c13-12(14)17-9-4-2-1-3-7(9)10-5-8(16)11(6-15)18-10/h1-5,12H,16H2. The van der Waals surface area contributed by atoms with Gasteiger partial charge in [-0.25, -0.2) is 0 Å². The van der Waals surface area contributed by atoms with E-state index >= 15 is 0 Å². The van der Waals surface area contributed by atoms with Crippen molar-refractivity contribution in [3.8, 4) is 22.3 Å². The molecule has 0 radical (unpaired) electrons. The Labute approximate surface area is 106 Å². The summed E-state index contributed by atoms with van der Waals surface area (Å²) in [6.07, 6.45) is 0. The lowest BCUT2D eigenvalue weighted by Crippen LogP contribution is -2.02. The van der Waals surface area contributed by atoms with Crippen molar-refractivity contribution in [2.45, 2.75) is 6.61 Å². The third kappa shape index (κ3) is 2.41. The van der Waals surface area contributed by atoms with E-state index in [9.17, 15) is 8.78 Å². The number of para-hydroxylation sites is 1. The SMILES string of the molecule is N#Cc1sc(-c2ccccc2OC(F)F)cc1N. The number of halogens is 2. The van der Waals surface area contributed by atoms with Gasteiger partial charge in [0.2, 0.25) is 0 Å². The fraction of sp³-hybridized carbons (Fsp3) is 0.0833. The number of nitrogen functional groups attached to an aromatic ring is 1. The largest absolute Gasteiger partial charge is 0.434 e. The topological polar surface area (TPSA) is 59.0 Å². The second kappa shape index (κ2) is 5.02. The molecule has 0 saturated carbocycles. The number of anilines is 1. The van der Waals surface area contributed by atoms with Gasteiger partial charge in [-0.3, -0.25) is 0 Å². The lowest BCUT2D eigenvalue weighted by Gasteiger charge is -2.08. The summed E-state index contributed by atoms with van der Waals surface area (Å²) in [6, 6.07) is 9.93. The second-order valence-electron chi connectivity index (χ2n) is 3.38. The lowest BCUT2D eigenvalue weighted by atomic mass is 10.1. The summed E-state index contributed by atoms with van der Waals surface area (Å²) in [7, 11) is 0. The van der Waals surface area contributed by atoms with Crippen LogP contribution in [0.5, 0.6) is 5.75 Å². The first kappa shape index (κ1) is 12.3. The highest BCUT2D eigenvalue weighted by Crippen LogP contribution is 2.38. The van der Waals surface area contributed by atoms with Crippen LogP contribution in [0, 0.1) is 11.3 Å². The molecule has 2 N–H and O–H groups in total. The monoisotopic (exact) mass is 266 g/mol. The number of ether oxygens (including phenoxy) is 1. The summed E-state index contributed by atoms with van der Waals surface area (Å²) < 4.78 is 29.0. The summed E-state index contributed by atoms with van der Waals surface area (Å²) in [5.41, 5.74) is 6.47. The van der Waals surface area contributed by atoms with Crippen LogP contribution in [0.4, 0.5) is 14.5 Å². The van der Waals surface area contributed by atoms with Gasteiger partial charge in [-0.2, -0.15) is 14.0 Å². The van der Waals surface area contributed by atoms with Crippen LogP contribution in [0.3, 0.4) is 0 Å². The van der Waals surface area contributed by atoms with Gasteiger partial charge in [-0.05, 0) is 18.2 Å². The third-order valence-corrected chi connectivity index (χ3v) is 3.32. The van der Waals surface area contributed by atoms with Gasteiger partial charge in [0.25, 0.3) is 0 Å². The molecule has 0 aliphatic carbocycles. The molecule has 1 heterocycles. The number of alkyl halides is 2. The van der Waals surface area contributed by atoms with Crippen molar-refractivity contribution in [1.82, 2.24) is 0 Å². The molecule has 0 aliphatic rings. The smallest absolute Gasteiger partial charge is 0.387 e. The summed E-state index contributed by atoms with van der Waals surface area (Å²) >= 11 is 1.14. The number of nitriles is 1. The Hall–Kier alpha value is -2.13. The van der Waals surface area contributed by atoms with Crippen LogP contribution in [0.15, 0.2) is 30.3 Å². The molecular formula is C12H8F2N2OS. The molecule has 0 amide bonds. The molecular weight excluding hydrogens is 258 g/mol. The maximum atomic E-state index is 12.3. The Balaban J connectivity index is 2.47. The van der Waals surface area contributed by atoms with E-state index in [1.54, 1.807) is 24.3 Å². The molecule has 18 heavy (non-hydrogen) atoms. The fourth-order valence-corrected chi connectivity index (χ4v) is 2.40. The zero-order chi connectivity index (χ0) is 13.1. The minimum atomic E-state index is -2.89. The summed E-state index contributed by atoms with van der Waals surface area (Å²) in [4.78, 5) is 0.983. The van der Waals surface area contributed by atoms with Crippen LogP contribution in [-0.4, -0.2) is 6.61 Å². The van der Waals surface area contributed by atoms with Gasteiger partial charge in [0.15, 0.2) is 0 Å². The summed E-state index contributed by atoms with van der Waals surface area (Å²) in [5.74, 6) is 0.0678. The van der Waals surface area contributed by atoms with Crippen LogP contribution < -0.4 is 10.5 Å². The first-order chi connectivity index (χ1) is 8.61. The predicted molar refractivity (Wildman–Crippen MR) is 65.5 cm³/mol. The van der Waals surface area contributed by atoms with Crippen molar-refractivity contribution in [3.05, 3.63) is 35.2 Å². The van der Waals surface area contributed by atoms with Gasteiger partial charge in [0.1, 0.15) is 16.7 Å². The first-order valence-corrected chi connectivity index (χ1v) is 5.77. The number of nitrogens with zero attached hydrogens (tertiary/aromatic N) is 1. The van der Waals surface area contributed by atoms with Crippen molar-refractivity contribution in [2.75, 3.05) is 5.73 Å². The summed E-state index contributed by atoms with van der Waals surface area (Å²) in [5, 5.41) is 8.82. The van der Waals surface area contributed by atoms with Crippen molar-refractivity contribution < 1.29 is 13.5 Å². The first-order valence-electron chi connectivity index (χ1n) is 4.95. The van der Waals surface area contributed by atoms with Gasteiger partial charge in [0.05, 0.1) is 5.69 Å². The minimum absolute atomic E-state index is 0.0678. The molecule has 2 rings (SSSR count). The van der Waals surface area contributed by atoms with Gasteiger partial charge >= 0.3 is 6.61 Å². The van der Waals surface area contributed by atoms with E-state index in [1.165, 1.54) is 6.07 Å². The van der Waals surface area contributed by atoms with Crippen molar-refractivity contribution >= 4 is 17.0 Å². The molecule has 1 aromatic carbocycles. The maximum Gasteiger partial charge on any atom is 0.387 e. The minimum Gasteiger partial charge on any atom is -0.434 e. The molecule has 3 nitrogen and oxygen atoms in total. The van der Waals surface area contributed by atoms with Gasteiger partial charge < -0.3 is 10.5 Å². The molecule has 1 aromatic heterocycles. The number of nitrogens with two attached hydrogens (primary N) is 1. The molecule has 2 aromatic rings. The molecule has 6 heteroatoms. The molecule has 0 unspecified atom stereocenters. The molecule has 0 atom stereocenters.